The molecule has 0 atom stereocenters. The number of hydrogen-bond acceptors (Lipinski definition) is 3. The minimum atomic E-state index is 0.00757. The fourth-order valence-electron chi connectivity index (χ4n) is 1.37. The average molecular weight is 210 g/mol. The Balaban J connectivity index is 2.20. The largest absolute Gasteiger partial charge is 0.355 e. The van der Waals surface area contributed by atoms with Gasteiger partial charge in [0.15, 0.2) is 0 Å². The second-order valence-corrected chi connectivity index (χ2v) is 3.56. The Morgan fingerprint density at radius 1 is 1.53 bits per heavy atom. The van der Waals surface area contributed by atoms with Crippen molar-refractivity contribution in [1.29, 1.82) is 0 Å². The van der Waals surface area contributed by atoms with Gasteiger partial charge in [0.2, 0.25) is 5.91 Å². The molecule has 1 amide bonds. The number of amides is 1. The Bertz CT molecular complexity index is 332. The molecule has 15 heavy (non-hydrogen) atoms. The van der Waals surface area contributed by atoms with Gasteiger partial charge in [-0.2, -0.15) is 5.10 Å². The van der Waals surface area contributed by atoms with Crippen LogP contribution >= 0.6 is 0 Å². The predicted molar refractivity (Wildman–Crippen MR) is 58.3 cm³/mol. The first kappa shape index (κ1) is 11.7. The van der Waals surface area contributed by atoms with Gasteiger partial charge in [-0.3, -0.25) is 9.48 Å². The first-order valence-electron chi connectivity index (χ1n) is 5.04. The normalized spacial score (nSPS) is 10.3. The molecule has 1 rings (SSSR count). The molecule has 2 N–H and O–H groups in total. The Labute approximate surface area is 89.9 Å². The first-order chi connectivity index (χ1) is 7.09. The molecule has 0 spiro atoms. The molecule has 0 aromatic carbocycles. The SMILES string of the molecule is CC(=O)NCCNCc1cc(C)nn1C. The minimum absolute atomic E-state index is 0.00757. The smallest absolute Gasteiger partial charge is 0.216 e. The van der Waals surface area contributed by atoms with Gasteiger partial charge >= 0.3 is 0 Å². The van der Waals surface area contributed by atoms with E-state index in [0.717, 1.165) is 24.5 Å². The minimum Gasteiger partial charge on any atom is -0.355 e. The summed E-state index contributed by atoms with van der Waals surface area (Å²) in [6.07, 6.45) is 0. The summed E-state index contributed by atoms with van der Waals surface area (Å²) in [6.45, 7) is 5.69. The quantitative estimate of drug-likeness (QED) is 0.670. The molecule has 0 bridgehead atoms. The standard InChI is InChI=1S/C10H18N4O/c1-8-6-10(14(3)13-8)7-11-4-5-12-9(2)15/h6,11H,4-5,7H2,1-3H3,(H,12,15). The monoisotopic (exact) mass is 210 g/mol. The van der Waals surface area contributed by atoms with Gasteiger partial charge in [0.05, 0.1) is 11.4 Å². The zero-order valence-electron chi connectivity index (χ0n) is 9.50. The maximum Gasteiger partial charge on any atom is 0.216 e. The molecule has 0 unspecified atom stereocenters. The molecular formula is C10H18N4O. The molecule has 0 saturated carbocycles. The fraction of sp³-hybridized carbons (Fsp3) is 0.600. The van der Waals surface area contributed by atoms with Gasteiger partial charge in [0.1, 0.15) is 0 Å². The van der Waals surface area contributed by atoms with Crippen molar-refractivity contribution in [3.63, 3.8) is 0 Å². The van der Waals surface area contributed by atoms with E-state index in [1.807, 2.05) is 24.7 Å². The maximum atomic E-state index is 10.6. The molecule has 0 aliphatic heterocycles. The zero-order valence-corrected chi connectivity index (χ0v) is 9.50. The predicted octanol–water partition coefficient (Wildman–Crippen LogP) is -0.0458. The third-order valence-electron chi connectivity index (χ3n) is 2.08. The van der Waals surface area contributed by atoms with E-state index < -0.39 is 0 Å². The van der Waals surface area contributed by atoms with Crippen LogP contribution in [0.25, 0.3) is 0 Å². The van der Waals surface area contributed by atoms with E-state index in [0.29, 0.717) is 6.54 Å². The summed E-state index contributed by atoms with van der Waals surface area (Å²) in [5.74, 6) is 0.00757. The lowest BCUT2D eigenvalue weighted by atomic mass is 10.3. The van der Waals surface area contributed by atoms with Crippen LogP contribution in [-0.4, -0.2) is 28.8 Å². The third kappa shape index (κ3) is 4.12. The summed E-state index contributed by atoms with van der Waals surface area (Å²) < 4.78 is 1.86. The highest BCUT2D eigenvalue weighted by molar-refractivity contribution is 5.72. The lowest BCUT2D eigenvalue weighted by Gasteiger charge is -2.05. The van der Waals surface area contributed by atoms with Crippen LogP contribution in [0.15, 0.2) is 6.07 Å². The van der Waals surface area contributed by atoms with E-state index in [2.05, 4.69) is 15.7 Å². The van der Waals surface area contributed by atoms with Crippen LogP contribution in [0.4, 0.5) is 0 Å². The molecule has 5 nitrogen and oxygen atoms in total. The summed E-state index contributed by atoms with van der Waals surface area (Å²) in [6, 6.07) is 2.05. The van der Waals surface area contributed by atoms with E-state index in [1.165, 1.54) is 6.92 Å². The molecule has 0 aliphatic carbocycles. The van der Waals surface area contributed by atoms with Crippen molar-refractivity contribution in [3.8, 4) is 0 Å². The average Bonchev–Trinajstić information content (AvgIpc) is 2.44. The number of carbonyl (C=O) groups excluding carboxylic acids is 1. The van der Waals surface area contributed by atoms with Gasteiger partial charge < -0.3 is 10.6 Å². The number of nitrogens with zero attached hydrogens (tertiary/aromatic N) is 2. The van der Waals surface area contributed by atoms with Crippen LogP contribution in [0.5, 0.6) is 0 Å². The van der Waals surface area contributed by atoms with Crippen molar-refractivity contribution in [2.45, 2.75) is 20.4 Å². The highest BCUT2D eigenvalue weighted by Gasteiger charge is 2.00. The Morgan fingerprint density at radius 3 is 2.80 bits per heavy atom. The van der Waals surface area contributed by atoms with Gasteiger partial charge in [-0.25, -0.2) is 0 Å². The highest BCUT2D eigenvalue weighted by Crippen LogP contribution is 2.00. The van der Waals surface area contributed by atoms with Gasteiger partial charge in [0.25, 0.3) is 0 Å². The van der Waals surface area contributed by atoms with Crippen LogP contribution in [0.3, 0.4) is 0 Å². The number of nitrogens with one attached hydrogen (secondary N) is 2. The second kappa shape index (κ2) is 5.50. The van der Waals surface area contributed by atoms with Gasteiger partial charge in [-0.15, -0.1) is 0 Å². The lowest BCUT2D eigenvalue weighted by molar-refractivity contribution is -0.118. The maximum absolute atomic E-state index is 10.6. The number of aryl methyl sites for hydroxylation is 2. The van der Waals surface area contributed by atoms with Crippen molar-refractivity contribution < 1.29 is 4.79 Å². The third-order valence-corrected chi connectivity index (χ3v) is 2.08. The Hall–Kier alpha value is -1.36. The molecule has 1 heterocycles. The zero-order chi connectivity index (χ0) is 11.3. The lowest BCUT2D eigenvalue weighted by Crippen LogP contribution is -2.30. The van der Waals surface area contributed by atoms with Crippen LogP contribution in [-0.2, 0) is 18.4 Å². The molecule has 0 radical (unpaired) electrons. The molecule has 1 aromatic heterocycles. The van der Waals surface area contributed by atoms with Crippen molar-refractivity contribution in [1.82, 2.24) is 20.4 Å². The van der Waals surface area contributed by atoms with E-state index >= 15 is 0 Å². The fourth-order valence-corrected chi connectivity index (χ4v) is 1.37. The Kier molecular flexibility index (Phi) is 4.30. The molecule has 0 saturated heterocycles. The first-order valence-corrected chi connectivity index (χ1v) is 5.04. The van der Waals surface area contributed by atoms with Gasteiger partial charge in [-0.05, 0) is 13.0 Å². The van der Waals surface area contributed by atoms with Gasteiger partial charge in [0, 0.05) is 33.6 Å². The van der Waals surface area contributed by atoms with Crippen LogP contribution in [0.2, 0.25) is 0 Å². The number of aromatic nitrogens is 2. The topological polar surface area (TPSA) is 59.0 Å². The molecular weight excluding hydrogens is 192 g/mol. The summed E-state index contributed by atoms with van der Waals surface area (Å²) >= 11 is 0. The molecule has 0 fully saturated rings. The van der Waals surface area contributed by atoms with Crippen LogP contribution in [0.1, 0.15) is 18.3 Å². The number of rotatable bonds is 5. The van der Waals surface area contributed by atoms with E-state index in [4.69, 9.17) is 0 Å². The van der Waals surface area contributed by atoms with E-state index in [-0.39, 0.29) is 5.91 Å². The van der Waals surface area contributed by atoms with Crippen molar-refractivity contribution in [2.75, 3.05) is 13.1 Å². The Morgan fingerprint density at radius 2 is 2.27 bits per heavy atom. The van der Waals surface area contributed by atoms with Crippen LogP contribution in [0, 0.1) is 6.92 Å². The van der Waals surface area contributed by atoms with E-state index in [9.17, 15) is 4.79 Å². The highest BCUT2D eigenvalue weighted by atomic mass is 16.1. The number of hydrogen-bond donors (Lipinski definition) is 2. The summed E-state index contributed by atoms with van der Waals surface area (Å²) in [5.41, 5.74) is 2.17. The molecule has 84 valence electrons. The van der Waals surface area contributed by atoms with Crippen LogP contribution < -0.4 is 10.6 Å². The van der Waals surface area contributed by atoms with Crippen molar-refractivity contribution in [3.05, 3.63) is 17.5 Å². The molecule has 5 heteroatoms. The van der Waals surface area contributed by atoms with E-state index in [1.54, 1.807) is 0 Å². The molecule has 0 aliphatic rings. The van der Waals surface area contributed by atoms with Crippen molar-refractivity contribution in [2.24, 2.45) is 7.05 Å². The number of carbonyl (C=O) groups is 1. The second-order valence-electron chi connectivity index (χ2n) is 3.56. The van der Waals surface area contributed by atoms with Crippen molar-refractivity contribution >= 4 is 5.91 Å². The summed E-state index contributed by atoms with van der Waals surface area (Å²) in [5, 5.41) is 10.2. The summed E-state index contributed by atoms with van der Waals surface area (Å²) in [4.78, 5) is 10.6. The molecule has 1 aromatic rings. The van der Waals surface area contributed by atoms with Gasteiger partial charge in [-0.1, -0.05) is 0 Å². The summed E-state index contributed by atoms with van der Waals surface area (Å²) in [7, 11) is 1.93.